The molecule has 11 heavy (non-hydrogen) atoms. The summed E-state index contributed by atoms with van der Waals surface area (Å²) in [5.41, 5.74) is 0.755. The van der Waals surface area contributed by atoms with E-state index in [0.717, 1.165) is 0 Å². The first-order chi connectivity index (χ1) is 6.15. The van der Waals surface area contributed by atoms with Crippen LogP contribution in [0.15, 0.2) is 18.2 Å². The summed E-state index contributed by atoms with van der Waals surface area (Å²) in [5, 5.41) is 0. The summed E-state index contributed by atoms with van der Waals surface area (Å²) >= 11 is 0. The highest BCUT2D eigenvalue weighted by molar-refractivity contribution is 5.79. The quantitative estimate of drug-likeness (QED) is 0.566. The van der Waals surface area contributed by atoms with Crippen molar-refractivity contribution in [3.63, 3.8) is 0 Å². The van der Waals surface area contributed by atoms with Crippen molar-refractivity contribution in [1.82, 2.24) is 0 Å². The summed E-state index contributed by atoms with van der Waals surface area (Å²) in [6, 6.07) is 4.95. The molecule has 0 saturated carbocycles. The van der Waals surface area contributed by atoms with Crippen LogP contribution < -0.4 is 4.74 Å². The molecule has 0 radical (unpaired) electrons. The van der Waals surface area contributed by atoms with Gasteiger partial charge in [-0.3, -0.25) is 4.79 Å². The van der Waals surface area contributed by atoms with Crippen LogP contribution >= 0.6 is 0 Å². The topological polar surface area (TPSA) is 26.3 Å². The van der Waals surface area contributed by atoms with Gasteiger partial charge in [-0.05, 0) is 6.07 Å². The van der Waals surface area contributed by atoms with Gasteiger partial charge in [0, 0.05) is 20.2 Å². The van der Waals surface area contributed by atoms with Gasteiger partial charge in [-0.15, -0.1) is 0 Å². The van der Waals surface area contributed by atoms with Crippen molar-refractivity contribution in [2.75, 3.05) is 6.61 Å². The summed E-state index contributed by atoms with van der Waals surface area (Å²) < 4.78 is 20.3. The first-order valence-corrected chi connectivity index (χ1v) is 3.36. The summed E-state index contributed by atoms with van der Waals surface area (Å²) in [6.07, 6.45) is -0.877. The highest BCUT2D eigenvalue weighted by Crippen LogP contribution is 2.26. The Morgan fingerprint density at radius 1 is 1.64 bits per heavy atom. The first kappa shape index (κ1) is 4.54. The number of benzene rings is 1. The molecule has 1 aromatic rings. The normalized spacial score (nSPS) is 21.1. The van der Waals surface area contributed by atoms with E-state index >= 15 is 0 Å². The van der Waals surface area contributed by atoms with E-state index in [1.54, 1.807) is 18.2 Å². The van der Waals surface area contributed by atoms with E-state index in [1.807, 2.05) is 0 Å². The van der Waals surface area contributed by atoms with Gasteiger partial charge < -0.3 is 4.74 Å². The molecule has 0 N–H and O–H groups in total. The molecule has 0 atom stereocenters. The molecule has 0 aliphatic carbocycles. The third-order valence-electron chi connectivity index (χ3n) is 1.66. The second-order valence-corrected chi connectivity index (χ2v) is 2.30. The summed E-state index contributed by atoms with van der Waals surface area (Å²) in [4.78, 5) is 10.6. The van der Waals surface area contributed by atoms with Crippen molar-refractivity contribution >= 4 is 6.29 Å². The Kier molecular flexibility index (Phi) is 0.984. The highest BCUT2D eigenvalue weighted by atomic mass is 16.5. The minimum absolute atomic E-state index is 0.00676. The number of rotatable bonds is 1. The minimum atomic E-state index is -1.53. The monoisotopic (exact) mass is 150 g/mol. The Balaban J connectivity index is 2.66. The Bertz CT molecular complexity index is 361. The van der Waals surface area contributed by atoms with Crippen molar-refractivity contribution in [3.05, 3.63) is 29.3 Å². The Morgan fingerprint density at radius 3 is 3.36 bits per heavy atom. The van der Waals surface area contributed by atoms with Gasteiger partial charge in [-0.2, -0.15) is 0 Å². The number of carbonyl (C=O) groups excluding carboxylic acids is 1. The summed E-state index contributed by atoms with van der Waals surface area (Å²) in [7, 11) is 0. The van der Waals surface area contributed by atoms with Gasteiger partial charge in [-0.1, -0.05) is 12.1 Å². The van der Waals surface area contributed by atoms with Crippen molar-refractivity contribution in [2.45, 2.75) is 6.37 Å². The second kappa shape index (κ2) is 2.38. The number of fused-ring (bicyclic) bond motifs is 1. The van der Waals surface area contributed by atoms with Gasteiger partial charge in [0.2, 0.25) is 0 Å². The number of hydrogen-bond acceptors (Lipinski definition) is 2. The zero-order valence-electron chi connectivity index (χ0n) is 7.83. The molecule has 0 spiro atoms. The smallest absolute Gasteiger partial charge is 0.150 e. The lowest BCUT2D eigenvalue weighted by molar-refractivity contribution is 0.112. The van der Waals surface area contributed by atoms with Gasteiger partial charge >= 0.3 is 0 Å². The Labute approximate surface area is 67.6 Å². The number of aldehydes is 1. The SMILES string of the molecule is [2H]C1([2H])COc2cccc(C=O)c21. The molecule has 0 bridgehead atoms. The average molecular weight is 150 g/mol. The molecule has 1 heterocycles. The van der Waals surface area contributed by atoms with E-state index in [4.69, 9.17) is 7.48 Å². The van der Waals surface area contributed by atoms with Crippen molar-refractivity contribution in [1.29, 1.82) is 0 Å². The lowest BCUT2D eigenvalue weighted by atomic mass is 10.1. The molecular weight excluding hydrogens is 140 g/mol. The van der Waals surface area contributed by atoms with E-state index in [1.165, 1.54) is 0 Å². The fourth-order valence-corrected chi connectivity index (χ4v) is 1.14. The third-order valence-corrected chi connectivity index (χ3v) is 1.66. The van der Waals surface area contributed by atoms with E-state index < -0.39 is 6.37 Å². The molecule has 1 aromatic carbocycles. The Morgan fingerprint density at radius 2 is 2.55 bits per heavy atom. The molecule has 2 heteroatoms. The fourth-order valence-electron chi connectivity index (χ4n) is 1.14. The number of carbonyl (C=O) groups is 1. The van der Waals surface area contributed by atoms with Crippen molar-refractivity contribution in [2.24, 2.45) is 0 Å². The zero-order valence-corrected chi connectivity index (χ0v) is 5.83. The lowest BCUT2D eigenvalue weighted by Crippen LogP contribution is -1.87. The maximum absolute atomic E-state index is 10.6. The van der Waals surface area contributed by atoms with Crippen LogP contribution in [0.25, 0.3) is 0 Å². The fraction of sp³-hybridized carbons (Fsp3) is 0.222. The molecule has 0 unspecified atom stereocenters. The maximum atomic E-state index is 10.6. The van der Waals surface area contributed by atoms with Crippen LogP contribution in [-0.2, 0) is 6.37 Å². The predicted octanol–water partition coefficient (Wildman–Crippen LogP) is 1.43. The van der Waals surface area contributed by atoms with Gasteiger partial charge in [0.05, 0.1) is 6.61 Å². The molecule has 0 aromatic heterocycles. The van der Waals surface area contributed by atoms with Crippen LogP contribution in [0, 0.1) is 0 Å². The molecule has 0 fully saturated rings. The van der Waals surface area contributed by atoms with E-state index in [-0.39, 0.29) is 6.61 Å². The van der Waals surface area contributed by atoms with Crippen LogP contribution in [0.5, 0.6) is 5.75 Å². The number of ether oxygens (including phenoxy) is 1. The largest absolute Gasteiger partial charge is 0.493 e. The molecule has 1 aliphatic rings. The van der Waals surface area contributed by atoms with Crippen LogP contribution in [0.4, 0.5) is 0 Å². The van der Waals surface area contributed by atoms with Gasteiger partial charge in [0.15, 0.2) is 0 Å². The maximum Gasteiger partial charge on any atom is 0.150 e. The van der Waals surface area contributed by atoms with Gasteiger partial charge in [0.1, 0.15) is 12.0 Å². The van der Waals surface area contributed by atoms with Crippen LogP contribution in [0.3, 0.4) is 0 Å². The van der Waals surface area contributed by atoms with Crippen LogP contribution in [0.1, 0.15) is 18.7 Å². The van der Waals surface area contributed by atoms with Crippen LogP contribution in [-0.4, -0.2) is 12.9 Å². The third kappa shape index (κ3) is 0.909. The summed E-state index contributed by atoms with van der Waals surface area (Å²) in [5.74, 6) is 0.481. The summed E-state index contributed by atoms with van der Waals surface area (Å²) in [6.45, 7) is -0.00676. The van der Waals surface area contributed by atoms with E-state index in [0.29, 0.717) is 23.2 Å². The minimum Gasteiger partial charge on any atom is -0.493 e. The first-order valence-electron chi connectivity index (χ1n) is 4.36. The molecular formula is C9H8O2. The van der Waals surface area contributed by atoms with Crippen LogP contribution in [0.2, 0.25) is 0 Å². The molecule has 2 nitrogen and oxygen atoms in total. The molecule has 56 valence electrons. The number of hydrogen-bond donors (Lipinski definition) is 0. The van der Waals surface area contributed by atoms with Gasteiger partial charge in [-0.25, -0.2) is 0 Å². The van der Waals surface area contributed by atoms with Crippen molar-refractivity contribution in [3.8, 4) is 5.75 Å². The standard InChI is InChI=1S/C9H8O2/c10-6-7-2-1-3-9-8(7)4-5-11-9/h1-3,6H,4-5H2/i4D2. The lowest BCUT2D eigenvalue weighted by Gasteiger charge is -1.98. The van der Waals surface area contributed by atoms with E-state index in [9.17, 15) is 4.79 Å². The predicted molar refractivity (Wildman–Crippen MR) is 41.0 cm³/mol. The molecule has 0 saturated heterocycles. The van der Waals surface area contributed by atoms with Gasteiger partial charge in [0.25, 0.3) is 0 Å². The molecule has 1 aliphatic heterocycles. The average Bonchev–Trinajstić information content (AvgIpc) is 2.43. The zero-order chi connectivity index (χ0) is 9.47. The second-order valence-electron chi connectivity index (χ2n) is 2.30. The molecule has 2 rings (SSSR count). The van der Waals surface area contributed by atoms with E-state index in [2.05, 4.69) is 0 Å². The Hall–Kier alpha value is -1.31. The van der Waals surface area contributed by atoms with Crippen molar-refractivity contribution < 1.29 is 12.3 Å². The highest BCUT2D eigenvalue weighted by Gasteiger charge is 2.14. The molecule has 0 amide bonds.